The summed E-state index contributed by atoms with van der Waals surface area (Å²) in [7, 11) is 0. The Labute approximate surface area is 170 Å². The number of carbonyl (C=O) groups excluding carboxylic acids is 1. The molecule has 1 amide bonds. The minimum Gasteiger partial charge on any atom is -0.325 e. The molecule has 0 aliphatic rings. The summed E-state index contributed by atoms with van der Waals surface area (Å²) in [4.78, 5) is 29.4. The van der Waals surface area contributed by atoms with Crippen LogP contribution in [-0.2, 0) is 11.3 Å². The average Bonchev–Trinajstić information content (AvgIpc) is 3.30. The zero-order chi connectivity index (χ0) is 20.4. The Morgan fingerprint density at radius 2 is 1.90 bits per heavy atom. The molecule has 0 saturated carbocycles. The lowest BCUT2D eigenvalue weighted by atomic mass is 10.2. The number of amides is 1. The fraction of sp³-hybridized carbons (Fsp3) is 0.200. The first-order valence-electron chi connectivity index (χ1n) is 9.23. The van der Waals surface area contributed by atoms with Gasteiger partial charge in [-0.3, -0.25) is 4.79 Å². The third-order valence-electron chi connectivity index (χ3n) is 4.50. The van der Waals surface area contributed by atoms with Gasteiger partial charge in [-0.2, -0.15) is 0 Å². The minimum atomic E-state index is -0.380. The van der Waals surface area contributed by atoms with Crippen molar-refractivity contribution in [2.45, 2.75) is 30.8 Å². The molecule has 3 N–H and O–H groups in total. The molecule has 0 saturated heterocycles. The Morgan fingerprint density at radius 1 is 1.14 bits per heavy atom. The van der Waals surface area contributed by atoms with Gasteiger partial charge in [0, 0.05) is 17.8 Å². The molecule has 0 bridgehead atoms. The molecular weight excluding hydrogens is 388 g/mol. The van der Waals surface area contributed by atoms with Crippen molar-refractivity contribution in [2.24, 2.45) is 0 Å². The lowest BCUT2D eigenvalue weighted by molar-refractivity contribution is -0.115. The number of aromatic nitrogens is 5. The van der Waals surface area contributed by atoms with Gasteiger partial charge >= 0.3 is 5.69 Å². The number of fused-ring (bicyclic) bond motifs is 1. The Bertz CT molecular complexity index is 1210. The van der Waals surface area contributed by atoms with Gasteiger partial charge in [0.2, 0.25) is 5.91 Å². The van der Waals surface area contributed by atoms with E-state index >= 15 is 0 Å². The molecule has 0 radical (unpaired) electrons. The molecule has 2 aromatic carbocycles. The van der Waals surface area contributed by atoms with Crippen molar-refractivity contribution in [3.8, 4) is 11.4 Å². The maximum atomic E-state index is 12.7. The summed E-state index contributed by atoms with van der Waals surface area (Å²) in [5.41, 5.74) is 2.67. The van der Waals surface area contributed by atoms with Crippen molar-refractivity contribution in [3.05, 3.63) is 59.0 Å². The van der Waals surface area contributed by atoms with E-state index < -0.39 is 0 Å². The van der Waals surface area contributed by atoms with Crippen LogP contribution in [0.4, 0.5) is 5.69 Å². The first-order valence-corrected chi connectivity index (χ1v) is 10.1. The van der Waals surface area contributed by atoms with Crippen LogP contribution in [0.5, 0.6) is 0 Å². The van der Waals surface area contributed by atoms with Crippen molar-refractivity contribution in [2.75, 3.05) is 5.32 Å². The number of benzene rings is 2. The maximum absolute atomic E-state index is 12.7. The van der Waals surface area contributed by atoms with Crippen LogP contribution in [0, 0.1) is 0 Å². The fourth-order valence-electron chi connectivity index (χ4n) is 3.03. The number of anilines is 1. The van der Waals surface area contributed by atoms with E-state index in [2.05, 4.69) is 25.5 Å². The summed E-state index contributed by atoms with van der Waals surface area (Å²) >= 11 is 1.36. The van der Waals surface area contributed by atoms with Crippen LogP contribution in [-0.4, -0.2) is 35.9 Å². The molecule has 0 aliphatic carbocycles. The number of thioether (sulfide) groups is 1. The molecule has 0 fully saturated rings. The van der Waals surface area contributed by atoms with Crippen molar-refractivity contribution in [1.82, 2.24) is 24.7 Å². The quantitative estimate of drug-likeness (QED) is 0.424. The van der Waals surface area contributed by atoms with Gasteiger partial charge < -0.3 is 19.9 Å². The highest BCUT2D eigenvalue weighted by molar-refractivity contribution is 8.00. The Kier molecular flexibility index (Phi) is 5.22. The van der Waals surface area contributed by atoms with Crippen LogP contribution >= 0.6 is 11.8 Å². The number of H-pyrrole nitrogens is 2. The number of hydrogen-bond donors (Lipinski definition) is 3. The molecule has 8 nitrogen and oxygen atoms in total. The fourth-order valence-corrected chi connectivity index (χ4v) is 3.94. The molecular formula is C20H20N6O2S. The Hall–Kier alpha value is -3.33. The smallest absolute Gasteiger partial charge is 0.323 e. The number of nitrogens with one attached hydrogen (secondary N) is 3. The largest absolute Gasteiger partial charge is 0.325 e. The molecule has 1 atom stereocenters. The standard InChI is InChI=1S/C20H20N6O2S/c1-3-26-17(13-7-5-4-6-8-13)24-25-20(26)29-12(2)18(27)21-14-9-10-15-16(11-14)23-19(28)22-15/h4-12H,3H2,1-2H3,(H,21,27)(H2,22,23,28)/t12-/m0/s1. The van der Waals surface area contributed by atoms with E-state index in [1.54, 1.807) is 18.2 Å². The lowest BCUT2D eigenvalue weighted by Crippen LogP contribution is -2.23. The molecule has 4 rings (SSSR count). The van der Waals surface area contributed by atoms with Crippen LogP contribution in [0.3, 0.4) is 0 Å². The predicted octanol–water partition coefficient (Wildman–Crippen LogP) is 3.25. The van der Waals surface area contributed by atoms with Crippen molar-refractivity contribution < 1.29 is 4.79 Å². The van der Waals surface area contributed by atoms with E-state index in [0.29, 0.717) is 28.4 Å². The Morgan fingerprint density at radius 3 is 2.66 bits per heavy atom. The van der Waals surface area contributed by atoms with Crippen LogP contribution < -0.4 is 11.0 Å². The summed E-state index contributed by atoms with van der Waals surface area (Å²) in [6, 6.07) is 15.1. The molecule has 4 aromatic rings. The third-order valence-corrected chi connectivity index (χ3v) is 5.58. The van der Waals surface area contributed by atoms with Gasteiger partial charge in [0.25, 0.3) is 0 Å². The number of imidazole rings is 1. The average molecular weight is 408 g/mol. The summed E-state index contributed by atoms with van der Waals surface area (Å²) in [5, 5.41) is 11.8. The molecule has 0 aliphatic heterocycles. The second-order valence-electron chi connectivity index (χ2n) is 6.51. The minimum absolute atomic E-state index is 0.154. The monoisotopic (exact) mass is 408 g/mol. The van der Waals surface area contributed by atoms with Gasteiger partial charge in [0.05, 0.1) is 16.3 Å². The third kappa shape index (κ3) is 3.95. The summed E-state index contributed by atoms with van der Waals surface area (Å²) < 4.78 is 2.00. The SMILES string of the molecule is CCn1c(S[C@@H](C)C(=O)Nc2ccc3[nH]c(=O)[nH]c3c2)nnc1-c1ccccc1. The van der Waals surface area contributed by atoms with E-state index in [0.717, 1.165) is 11.4 Å². The summed E-state index contributed by atoms with van der Waals surface area (Å²) in [6.07, 6.45) is 0. The first kappa shape index (κ1) is 19.0. The normalized spacial score (nSPS) is 12.2. The summed E-state index contributed by atoms with van der Waals surface area (Å²) in [5.74, 6) is 0.629. The van der Waals surface area contributed by atoms with Gasteiger partial charge in [0.15, 0.2) is 11.0 Å². The van der Waals surface area contributed by atoms with Crippen LogP contribution in [0.1, 0.15) is 13.8 Å². The van der Waals surface area contributed by atoms with Crippen LogP contribution in [0.15, 0.2) is 58.5 Å². The van der Waals surface area contributed by atoms with E-state index in [-0.39, 0.29) is 16.8 Å². The van der Waals surface area contributed by atoms with Gasteiger partial charge in [-0.15, -0.1) is 10.2 Å². The second-order valence-corrected chi connectivity index (χ2v) is 7.81. The second kappa shape index (κ2) is 7.96. The lowest BCUT2D eigenvalue weighted by Gasteiger charge is -2.13. The highest BCUT2D eigenvalue weighted by atomic mass is 32.2. The maximum Gasteiger partial charge on any atom is 0.323 e. The summed E-state index contributed by atoms with van der Waals surface area (Å²) in [6.45, 7) is 4.55. The number of hydrogen-bond acceptors (Lipinski definition) is 5. The predicted molar refractivity (Wildman–Crippen MR) is 114 cm³/mol. The zero-order valence-corrected chi connectivity index (χ0v) is 16.8. The van der Waals surface area contributed by atoms with Gasteiger partial charge in [-0.1, -0.05) is 42.1 Å². The van der Waals surface area contributed by atoms with Crippen molar-refractivity contribution in [1.29, 1.82) is 0 Å². The molecule has 29 heavy (non-hydrogen) atoms. The molecule has 148 valence electrons. The molecule has 2 heterocycles. The number of carbonyl (C=O) groups is 1. The molecule has 9 heteroatoms. The van der Waals surface area contributed by atoms with Gasteiger partial charge in [-0.25, -0.2) is 4.79 Å². The highest BCUT2D eigenvalue weighted by Gasteiger charge is 2.20. The highest BCUT2D eigenvalue weighted by Crippen LogP contribution is 2.27. The number of nitrogens with zero attached hydrogens (tertiary/aromatic N) is 3. The topological polar surface area (TPSA) is 108 Å². The molecule has 0 spiro atoms. The van der Waals surface area contributed by atoms with E-state index in [4.69, 9.17) is 0 Å². The van der Waals surface area contributed by atoms with Gasteiger partial charge in [0.1, 0.15) is 0 Å². The molecule has 2 aromatic heterocycles. The van der Waals surface area contributed by atoms with E-state index in [1.807, 2.05) is 48.7 Å². The van der Waals surface area contributed by atoms with E-state index in [1.165, 1.54) is 11.8 Å². The number of aromatic amines is 2. The van der Waals surface area contributed by atoms with Crippen molar-refractivity contribution in [3.63, 3.8) is 0 Å². The van der Waals surface area contributed by atoms with E-state index in [9.17, 15) is 9.59 Å². The van der Waals surface area contributed by atoms with Crippen LogP contribution in [0.2, 0.25) is 0 Å². The number of rotatable bonds is 6. The zero-order valence-electron chi connectivity index (χ0n) is 16.0. The van der Waals surface area contributed by atoms with Gasteiger partial charge in [-0.05, 0) is 32.0 Å². The first-order chi connectivity index (χ1) is 14.0. The van der Waals surface area contributed by atoms with Crippen molar-refractivity contribution >= 4 is 34.4 Å². The molecule has 0 unspecified atom stereocenters. The Balaban J connectivity index is 1.49. The van der Waals surface area contributed by atoms with Crippen LogP contribution in [0.25, 0.3) is 22.4 Å².